The van der Waals surface area contributed by atoms with Crippen molar-refractivity contribution in [2.45, 2.75) is 45.3 Å². The normalized spacial score (nSPS) is 16.3. The van der Waals surface area contributed by atoms with Gasteiger partial charge in [0.05, 0.1) is 18.1 Å². The van der Waals surface area contributed by atoms with Gasteiger partial charge in [-0.25, -0.2) is 4.79 Å². The van der Waals surface area contributed by atoms with Crippen LogP contribution in [0.1, 0.15) is 45.2 Å². The molecule has 160 valence electrons. The number of benzene rings is 1. The summed E-state index contributed by atoms with van der Waals surface area (Å²) in [5.41, 5.74) is -0.0775. The summed E-state index contributed by atoms with van der Waals surface area (Å²) in [7, 11) is 1.28. The van der Waals surface area contributed by atoms with E-state index in [1.54, 1.807) is 17.0 Å². The van der Waals surface area contributed by atoms with E-state index in [2.05, 4.69) is 9.97 Å². The topological polar surface area (TPSA) is 117 Å². The Morgan fingerprint density at radius 2 is 1.87 bits per heavy atom. The van der Waals surface area contributed by atoms with Gasteiger partial charge in [-0.3, -0.25) is 10.1 Å². The first-order valence-electron chi connectivity index (χ1n) is 9.50. The Morgan fingerprint density at radius 3 is 2.47 bits per heavy atom. The molecule has 0 N–H and O–H groups in total. The molecule has 0 saturated carbocycles. The van der Waals surface area contributed by atoms with Crippen molar-refractivity contribution < 1.29 is 23.9 Å². The number of methoxy groups -OCH3 is 1. The molecular weight excluding hydrogens is 392 g/mol. The third-order valence-corrected chi connectivity index (χ3v) is 4.49. The van der Waals surface area contributed by atoms with Crippen molar-refractivity contribution in [3.63, 3.8) is 0 Å². The second kappa shape index (κ2) is 8.52. The van der Waals surface area contributed by atoms with Crippen LogP contribution < -0.4 is 9.47 Å². The third-order valence-electron chi connectivity index (χ3n) is 4.49. The van der Waals surface area contributed by atoms with Gasteiger partial charge in [-0.1, -0.05) is 12.1 Å². The quantitative estimate of drug-likeness (QED) is 0.524. The van der Waals surface area contributed by atoms with Gasteiger partial charge in [0.25, 0.3) is 0 Å². The standard InChI is InChI=1S/C20H24N4O6/c1-20(2,3)30-19(25)23-11-5-6-15(23)13-7-9-14(10-8-13)29-18-16(24(26)27)17(28-4)21-12-22-18/h7-10,12,15H,5-6,11H2,1-4H3. The number of likely N-dealkylation sites (tertiary alicyclic amines) is 1. The number of ether oxygens (including phenoxy) is 3. The molecule has 1 fully saturated rings. The van der Waals surface area contributed by atoms with Gasteiger partial charge in [-0.2, -0.15) is 9.97 Å². The van der Waals surface area contributed by atoms with Gasteiger partial charge in [-0.15, -0.1) is 0 Å². The zero-order chi connectivity index (χ0) is 21.9. The molecule has 0 spiro atoms. The molecule has 2 aromatic rings. The molecule has 10 nitrogen and oxygen atoms in total. The number of aromatic nitrogens is 2. The molecular formula is C20H24N4O6. The lowest BCUT2D eigenvalue weighted by molar-refractivity contribution is -0.387. The minimum atomic E-state index is -0.653. The number of carbonyl (C=O) groups excluding carboxylic acids is 1. The zero-order valence-electron chi connectivity index (χ0n) is 17.3. The van der Waals surface area contributed by atoms with Crippen LogP contribution in [0, 0.1) is 10.1 Å². The summed E-state index contributed by atoms with van der Waals surface area (Å²) in [6, 6.07) is 6.92. The van der Waals surface area contributed by atoms with Gasteiger partial charge in [0.15, 0.2) is 0 Å². The van der Waals surface area contributed by atoms with E-state index in [9.17, 15) is 14.9 Å². The van der Waals surface area contributed by atoms with Gasteiger partial charge in [0.2, 0.25) is 0 Å². The SMILES string of the molecule is COc1ncnc(Oc2ccc(C3CCCN3C(=O)OC(C)(C)C)cc2)c1[N+](=O)[O-]. The average Bonchev–Trinajstić information content (AvgIpc) is 3.17. The zero-order valence-corrected chi connectivity index (χ0v) is 17.3. The maximum absolute atomic E-state index is 12.5. The van der Waals surface area contributed by atoms with Gasteiger partial charge in [0.1, 0.15) is 17.7 Å². The second-order valence-corrected chi connectivity index (χ2v) is 7.80. The monoisotopic (exact) mass is 416 g/mol. The highest BCUT2D eigenvalue weighted by atomic mass is 16.6. The van der Waals surface area contributed by atoms with Gasteiger partial charge < -0.3 is 19.1 Å². The van der Waals surface area contributed by atoms with Crippen molar-refractivity contribution in [1.29, 1.82) is 0 Å². The number of nitrogens with zero attached hydrogens (tertiary/aromatic N) is 4. The highest BCUT2D eigenvalue weighted by molar-refractivity contribution is 5.69. The maximum Gasteiger partial charge on any atom is 0.410 e. The molecule has 2 heterocycles. The van der Waals surface area contributed by atoms with Crippen molar-refractivity contribution in [2.24, 2.45) is 0 Å². The minimum Gasteiger partial charge on any atom is -0.476 e. The van der Waals surface area contributed by atoms with Crippen LogP contribution in [0.4, 0.5) is 10.5 Å². The number of hydrogen-bond acceptors (Lipinski definition) is 8. The summed E-state index contributed by atoms with van der Waals surface area (Å²) < 4.78 is 16.0. The summed E-state index contributed by atoms with van der Waals surface area (Å²) in [4.78, 5) is 32.5. The minimum absolute atomic E-state index is 0.0950. The molecule has 1 aromatic carbocycles. The molecule has 1 aromatic heterocycles. The number of amides is 1. The van der Waals surface area contributed by atoms with E-state index in [-0.39, 0.29) is 23.9 Å². The van der Waals surface area contributed by atoms with Crippen LogP contribution >= 0.6 is 0 Å². The van der Waals surface area contributed by atoms with E-state index >= 15 is 0 Å². The molecule has 10 heteroatoms. The molecule has 0 radical (unpaired) electrons. The number of rotatable bonds is 5. The van der Waals surface area contributed by atoms with Crippen LogP contribution in [0.25, 0.3) is 0 Å². The van der Waals surface area contributed by atoms with E-state index in [4.69, 9.17) is 14.2 Å². The van der Waals surface area contributed by atoms with Gasteiger partial charge >= 0.3 is 23.5 Å². The molecule has 1 atom stereocenters. The maximum atomic E-state index is 12.5. The molecule has 30 heavy (non-hydrogen) atoms. The average molecular weight is 416 g/mol. The molecule has 1 amide bonds. The Kier molecular flexibility index (Phi) is 6.04. The molecule has 1 aliphatic rings. The highest BCUT2D eigenvalue weighted by Crippen LogP contribution is 2.37. The first-order chi connectivity index (χ1) is 14.2. The van der Waals surface area contributed by atoms with Crippen LogP contribution in [-0.2, 0) is 4.74 Å². The molecule has 1 unspecified atom stereocenters. The summed E-state index contributed by atoms with van der Waals surface area (Å²) in [6.45, 7) is 6.14. The first kappa shape index (κ1) is 21.3. The van der Waals surface area contributed by atoms with Crippen molar-refractivity contribution in [3.8, 4) is 17.5 Å². The Labute approximate surface area is 173 Å². The number of carbonyl (C=O) groups is 1. The first-order valence-corrected chi connectivity index (χ1v) is 9.50. The van der Waals surface area contributed by atoms with Crippen LogP contribution in [0.5, 0.6) is 17.5 Å². The highest BCUT2D eigenvalue weighted by Gasteiger charge is 2.33. The second-order valence-electron chi connectivity index (χ2n) is 7.80. The van der Waals surface area contributed by atoms with E-state index < -0.39 is 16.2 Å². The molecule has 0 aliphatic carbocycles. The number of hydrogen-bond donors (Lipinski definition) is 0. The Bertz CT molecular complexity index is 926. The Balaban J connectivity index is 1.77. The smallest absolute Gasteiger partial charge is 0.410 e. The fourth-order valence-corrected chi connectivity index (χ4v) is 3.25. The largest absolute Gasteiger partial charge is 0.476 e. The van der Waals surface area contributed by atoms with Crippen molar-refractivity contribution in [3.05, 3.63) is 46.3 Å². The lowest BCUT2D eigenvalue weighted by Gasteiger charge is -2.28. The van der Waals surface area contributed by atoms with E-state index in [1.807, 2.05) is 32.9 Å². The molecule has 0 bridgehead atoms. The fraction of sp³-hybridized carbons (Fsp3) is 0.450. The van der Waals surface area contributed by atoms with Crippen LogP contribution in [0.15, 0.2) is 30.6 Å². The van der Waals surface area contributed by atoms with Crippen molar-refractivity contribution in [2.75, 3.05) is 13.7 Å². The lowest BCUT2D eigenvalue weighted by Crippen LogP contribution is -2.36. The molecule has 1 saturated heterocycles. The van der Waals surface area contributed by atoms with Crippen LogP contribution in [0.3, 0.4) is 0 Å². The number of nitro groups is 1. The predicted octanol–water partition coefficient (Wildman–Crippen LogP) is 4.26. The van der Waals surface area contributed by atoms with Gasteiger partial charge in [-0.05, 0) is 51.3 Å². The fourth-order valence-electron chi connectivity index (χ4n) is 3.25. The summed E-state index contributed by atoms with van der Waals surface area (Å²) >= 11 is 0. The van der Waals surface area contributed by atoms with Crippen LogP contribution in [0.2, 0.25) is 0 Å². The van der Waals surface area contributed by atoms with Crippen molar-refractivity contribution in [1.82, 2.24) is 14.9 Å². The van der Waals surface area contributed by atoms with Gasteiger partial charge in [0, 0.05) is 6.54 Å². The third kappa shape index (κ3) is 4.76. The summed E-state index contributed by atoms with van der Waals surface area (Å²) in [5.74, 6) is -0.0270. The van der Waals surface area contributed by atoms with E-state index in [0.717, 1.165) is 24.7 Å². The lowest BCUT2D eigenvalue weighted by atomic mass is 10.0. The Hall–Kier alpha value is -3.43. The van der Waals surface area contributed by atoms with E-state index in [1.165, 1.54) is 7.11 Å². The Morgan fingerprint density at radius 1 is 1.20 bits per heavy atom. The van der Waals surface area contributed by atoms with Crippen LogP contribution in [-0.4, -0.2) is 45.1 Å². The molecule has 3 rings (SSSR count). The predicted molar refractivity (Wildman–Crippen MR) is 107 cm³/mol. The summed E-state index contributed by atoms with van der Waals surface area (Å²) in [5, 5.41) is 11.3. The van der Waals surface area contributed by atoms with Crippen molar-refractivity contribution >= 4 is 11.8 Å². The summed E-state index contributed by atoms with van der Waals surface area (Å²) in [6.07, 6.45) is 2.50. The van der Waals surface area contributed by atoms with E-state index in [0.29, 0.717) is 12.3 Å². The molecule has 1 aliphatic heterocycles.